The van der Waals surface area contributed by atoms with Crippen molar-refractivity contribution in [2.45, 2.75) is 32.7 Å². The van der Waals surface area contributed by atoms with Crippen molar-refractivity contribution >= 4 is 17.2 Å². The number of aromatic nitrogens is 2. The molecule has 0 saturated carbocycles. The van der Waals surface area contributed by atoms with Crippen LogP contribution in [-0.4, -0.2) is 22.1 Å². The van der Waals surface area contributed by atoms with Gasteiger partial charge in [0.25, 0.3) is 0 Å². The largest absolute Gasteiger partial charge is 0.353 e. The number of aryl methyl sites for hydroxylation is 1. The molecule has 2 aromatic rings. The van der Waals surface area contributed by atoms with Crippen molar-refractivity contribution < 1.29 is 4.79 Å². The second-order valence-corrected chi connectivity index (χ2v) is 5.30. The Labute approximate surface area is 110 Å². The van der Waals surface area contributed by atoms with Gasteiger partial charge in [0.1, 0.15) is 0 Å². The minimum atomic E-state index is 0.0631. The third kappa shape index (κ3) is 3.70. The molecule has 5 heteroatoms. The zero-order valence-electron chi connectivity index (χ0n) is 10.6. The second-order valence-electron chi connectivity index (χ2n) is 4.52. The molecule has 0 saturated heterocycles. The highest BCUT2D eigenvalue weighted by Gasteiger charge is 2.10. The fraction of sp³-hybridized carbons (Fsp3) is 0.385. The number of amides is 1. The van der Waals surface area contributed by atoms with E-state index < -0.39 is 0 Å². The van der Waals surface area contributed by atoms with E-state index in [4.69, 9.17) is 0 Å². The van der Waals surface area contributed by atoms with Crippen molar-refractivity contribution in [3.05, 3.63) is 39.8 Å². The first-order valence-corrected chi connectivity index (χ1v) is 6.89. The van der Waals surface area contributed by atoms with Gasteiger partial charge >= 0.3 is 0 Å². The fourth-order valence-corrected chi connectivity index (χ4v) is 2.52. The van der Waals surface area contributed by atoms with Crippen LogP contribution in [0.2, 0.25) is 0 Å². The maximum atomic E-state index is 11.8. The van der Waals surface area contributed by atoms with Gasteiger partial charge in [0, 0.05) is 18.2 Å². The van der Waals surface area contributed by atoms with Gasteiger partial charge in [0.05, 0.1) is 12.1 Å². The summed E-state index contributed by atoms with van der Waals surface area (Å²) in [7, 11) is 0. The second kappa shape index (κ2) is 5.82. The molecule has 1 amide bonds. The van der Waals surface area contributed by atoms with Crippen LogP contribution in [0.25, 0.3) is 0 Å². The van der Waals surface area contributed by atoms with Crippen molar-refractivity contribution in [1.82, 2.24) is 15.5 Å². The first-order chi connectivity index (χ1) is 8.63. The molecular formula is C13H17N3OS. The van der Waals surface area contributed by atoms with Gasteiger partial charge in [0.15, 0.2) is 0 Å². The molecule has 0 radical (unpaired) electrons. The monoisotopic (exact) mass is 263 g/mol. The zero-order valence-corrected chi connectivity index (χ0v) is 11.4. The molecule has 1 atom stereocenters. The maximum absolute atomic E-state index is 11.8. The van der Waals surface area contributed by atoms with E-state index in [2.05, 4.69) is 15.5 Å². The van der Waals surface area contributed by atoms with E-state index in [0.717, 1.165) is 23.4 Å². The van der Waals surface area contributed by atoms with Crippen molar-refractivity contribution in [2.75, 3.05) is 0 Å². The molecule has 2 N–H and O–H groups in total. The lowest BCUT2D eigenvalue weighted by atomic mass is 10.1. The van der Waals surface area contributed by atoms with Gasteiger partial charge in [0.2, 0.25) is 5.91 Å². The molecule has 18 heavy (non-hydrogen) atoms. The summed E-state index contributed by atoms with van der Waals surface area (Å²) in [5.41, 5.74) is 3.10. The predicted octanol–water partition coefficient (Wildman–Crippen LogP) is 2.07. The van der Waals surface area contributed by atoms with E-state index in [1.54, 1.807) is 11.3 Å². The van der Waals surface area contributed by atoms with Gasteiger partial charge in [-0.15, -0.1) is 0 Å². The first-order valence-electron chi connectivity index (χ1n) is 5.95. The Morgan fingerprint density at radius 1 is 1.61 bits per heavy atom. The van der Waals surface area contributed by atoms with Crippen LogP contribution in [0.4, 0.5) is 0 Å². The predicted molar refractivity (Wildman–Crippen MR) is 72.7 cm³/mol. The number of hydrogen-bond acceptors (Lipinski definition) is 3. The number of rotatable bonds is 5. The molecule has 0 aromatic carbocycles. The Hall–Kier alpha value is -1.62. The zero-order chi connectivity index (χ0) is 13.0. The number of hydrogen-bond donors (Lipinski definition) is 2. The number of H-pyrrole nitrogens is 1. The molecule has 0 spiro atoms. The van der Waals surface area contributed by atoms with E-state index in [0.29, 0.717) is 6.42 Å². The molecule has 4 nitrogen and oxygen atoms in total. The van der Waals surface area contributed by atoms with Crippen LogP contribution in [0.1, 0.15) is 23.9 Å². The molecule has 0 bridgehead atoms. The first kappa shape index (κ1) is 12.8. The number of thiophene rings is 1. The Balaban J connectivity index is 1.80. The molecule has 2 heterocycles. The van der Waals surface area contributed by atoms with E-state index in [-0.39, 0.29) is 11.9 Å². The van der Waals surface area contributed by atoms with Crippen molar-refractivity contribution in [1.29, 1.82) is 0 Å². The summed E-state index contributed by atoms with van der Waals surface area (Å²) in [5, 5.41) is 14.0. The van der Waals surface area contributed by atoms with Crippen LogP contribution in [0.15, 0.2) is 22.9 Å². The van der Waals surface area contributed by atoms with E-state index in [1.807, 2.05) is 36.7 Å². The summed E-state index contributed by atoms with van der Waals surface area (Å²) < 4.78 is 0. The molecule has 0 aliphatic rings. The molecule has 0 unspecified atom stereocenters. The van der Waals surface area contributed by atoms with Gasteiger partial charge < -0.3 is 5.32 Å². The Morgan fingerprint density at radius 2 is 2.44 bits per heavy atom. The Kier molecular flexibility index (Phi) is 4.15. The molecule has 0 aliphatic carbocycles. The van der Waals surface area contributed by atoms with Crippen LogP contribution < -0.4 is 5.32 Å². The van der Waals surface area contributed by atoms with E-state index >= 15 is 0 Å². The molecule has 2 aromatic heterocycles. The highest BCUT2D eigenvalue weighted by atomic mass is 32.1. The average molecular weight is 263 g/mol. The van der Waals surface area contributed by atoms with Gasteiger partial charge in [-0.25, -0.2) is 0 Å². The van der Waals surface area contributed by atoms with Crippen LogP contribution in [0, 0.1) is 6.92 Å². The summed E-state index contributed by atoms with van der Waals surface area (Å²) in [4.78, 5) is 11.8. The molecule has 2 rings (SSSR count). The maximum Gasteiger partial charge on any atom is 0.224 e. The standard InChI is InChI=1S/C13H17N3OS/c1-9(5-12-6-10(2)15-16-12)14-13(17)7-11-3-4-18-8-11/h3-4,6,8-9H,5,7H2,1-2H3,(H,14,17)(H,15,16)/t9-/m1/s1. The topological polar surface area (TPSA) is 57.8 Å². The number of nitrogens with zero attached hydrogens (tertiary/aromatic N) is 1. The van der Waals surface area contributed by atoms with Crippen LogP contribution in [-0.2, 0) is 17.6 Å². The molecule has 0 fully saturated rings. The van der Waals surface area contributed by atoms with Crippen LogP contribution in [0.5, 0.6) is 0 Å². The molecular weight excluding hydrogens is 246 g/mol. The van der Waals surface area contributed by atoms with Gasteiger partial charge in [-0.3, -0.25) is 9.89 Å². The van der Waals surface area contributed by atoms with Crippen molar-refractivity contribution in [3.8, 4) is 0 Å². The highest BCUT2D eigenvalue weighted by molar-refractivity contribution is 7.07. The molecule has 96 valence electrons. The summed E-state index contributed by atoms with van der Waals surface area (Å²) in [6.07, 6.45) is 1.20. The van der Waals surface area contributed by atoms with Gasteiger partial charge in [-0.2, -0.15) is 16.4 Å². The lowest BCUT2D eigenvalue weighted by molar-refractivity contribution is -0.121. The third-order valence-corrected chi connectivity index (χ3v) is 3.36. The van der Waals surface area contributed by atoms with E-state index in [9.17, 15) is 4.79 Å². The van der Waals surface area contributed by atoms with Gasteiger partial charge in [-0.05, 0) is 42.3 Å². The minimum Gasteiger partial charge on any atom is -0.353 e. The van der Waals surface area contributed by atoms with Crippen LogP contribution in [0.3, 0.4) is 0 Å². The average Bonchev–Trinajstić information content (AvgIpc) is 2.90. The lowest BCUT2D eigenvalue weighted by Gasteiger charge is -2.12. The summed E-state index contributed by atoms with van der Waals surface area (Å²) >= 11 is 1.61. The summed E-state index contributed by atoms with van der Waals surface area (Å²) in [6, 6.07) is 4.08. The van der Waals surface area contributed by atoms with Crippen molar-refractivity contribution in [2.24, 2.45) is 0 Å². The quantitative estimate of drug-likeness (QED) is 0.867. The summed E-state index contributed by atoms with van der Waals surface area (Å²) in [5.74, 6) is 0.0631. The van der Waals surface area contributed by atoms with E-state index in [1.165, 1.54) is 0 Å². The smallest absolute Gasteiger partial charge is 0.224 e. The fourth-order valence-electron chi connectivity index (χ4n) is 1.85. The number of carbonyl (C=O) groups is 1. The highest BCUT2D eigenvalue weighted by Crippen LogP contribution is 2.07. The van der Waals surface area contributed by atoms with Gasteiger partial charge in [-0.1, -0.05) is 0 Å². The normalized spacial score (nSPS) is 12.3. The molecule has 0 aliphatic heterocycles. The Bertz CT molecular complexity index is 504. The minimum absolute atomic E-state index is 0.0631. The number of carbonyl (C=O) groups excluding carboxylic acids is 1. The van der Waals surface area contributed by atoms with Crippen molar-refractivity contribution in [3.63, 3.8) is 0 Å². The number of aromatic amines is 1. The number of nitrogens with one attached hydrogen (secondary N) is 2. The van der Waals surface area contributed by atoms with Crippen LogP contribution >= 0.6 is 11.3 Å². The third-order valence-electron chi connectivity index (χ3n) is 2.63. The Morgan fingerprint density at radius 3 is 3.06 bits per heavy atom. The summed E-state index contributed by atoms with van der Waals surface area (Å²) in [6.45, 7) is 3.96. The lowest BCUT2D eigenvalue weighted by Crippen LogP contribution is -2.35. The SMILES string of the molecule is Cc1cc(C[C@@H](C)NC(=O)Cc2ccsc2)n[nH]1.